The maximum Gasteiger partial charge on any atom is 0.331 e. The number of methoxy groups -OCH3 is 1. The molecule has 4 aromatic carbocycles. The van der Waals surface area contributed by atoms with E-state index < -0.39 is 0 Å². The summed E-state index contributed by atoms with van der Waals surface area (Å²) in [5.74, 6) is -0.582. The van der Waals surface area contributed by atoms with Crippen molar-refractivity contribution in [2.24, 2.45) is 0 Å². The summed E-state index contributed by atoms with van der Waals surface area (Å²) in [5, 5.41) is 0. The number of rotatable bonds is 5. The minimum absolute atomic E-state index is 0. The Morgan fingerprint density at radius 1 is 0.711 bits per heavy atom. The first-order chi connectivity index (χ1) is 18.0. The fourth-order valence-corrected chi connectivity index (χ4v) is 3.92. The molecular formula is C34H32O4. The second-order valence-electron chi connectivity index (χ2n) is 8.51. The van der Waals surface area contributed by atoms with E-state index in [1.54, 1.807) is 6.08 Å². The SMILES string of the molecule is C.COC(=O)/C=C(\C)c1ccc(-c2ccccc2)cc1.O=C1C=C(c2ccc(-c3ccccc3)cc2)CO1. The van der Waals surface area contributed by atoms with Crippen LogP contribution in [0.5, 0.6) is 0 Å². The average molecular weight is 505 g/mol. The summed E-state index contributed by atoms with van der Waals surface area (Å²) >= 11 is 0. The molecule has 4 heteroatoms. The quantitative estimate of drug-likeness (QED) is 0.205. The zero-order valence-corrected chi connectivity index (χ0v) is 20.9. The van der Waals surface area contributed by atoms with Crippen LogP contribution >= 0.6 is 0 Å². The summed E-state index contributed by atoms with van der Waals surface area (Å²) in [5.41, 5.74) is 8.61. The van der Waals surface area contributed by atoms with E-state index in [2.05, 4.69) is 53.3 Å². The highest BCUT2D eigenvalue weighted by Crippen LogP contribution is 2.25. The highest BCUT2D eigenvalue weighted by Gasteiger charge is 2.14. The number of benzene rings is 4. The summed E-state index contributed by atoms with van der Waals surface area (Å²) in [4.78, 5) is 22.2. The molecule has 0 N–H and O–H groups in total. The molecule has 1 aliphatic heterocycles. The third-order valence-electron chi connectivity index (χ3n) is 6.01. The van der Waals surface area contributed by atoms with Crippen molar-refractivity contribution in [2.45, 2.75) is 14.4 Å². The standard InChI is InChI=1S/C17H16O2.C16H12O2.CH4/c1-13(12-17(18)19-2)14-8-10-16(11-9-14)15-6-4-3-5-7-15;17-16-10-15(11-18-16)14-8-6-13(7-9-14)12-4-2-1-3-5-12;/h3-12H,1-2H3;1-10H,11H2;1H4/b13-12+;;. The van der Waals surface area contributed by atoms with Crippen LogP contribution in [0.15, 0.2) is 121 Å². The van der Waals surface area contributed by atoms with Crippen molar-refractivity contribution in [1.29, 1.82) is 0 Å². The zero-order chi connectivity index (χ0) is 26.0. The van der Waals surface area contributed by atoms with Gasteiger partial charge in [0.2, 0.25) is 0 Å². The van der Waals surface area contributed by atoms with Crippen molar-refractivity contribution in [3.63, 3.8) is 0 Å². The van der Waals surface area contributed by atoms with E-state index in [0.717, 1.165) is 27.8 Å². The second-order valence-corrected chi connectivity index (χ2v) is 8.51. The van der Waals surface area contributed by atoms with Crippen molar-refractivity contribution < 1.29 is 19.1 Å². The van der Waals surface area contributed by atoms with Crippen molar-refractivity contribution >= 4 is 23.1 Å². The van der Waals surface area contributed by atoms with Gasteiger partial charge in [0.15, 0.2) is 0 Å². The van der Waals surface area contributed by atoms with Gasteiger partial charge in [-0.1, -0.05) is 117 Å². The molecule has 1 aliphatic rings. The molecule has 0 bridgehead atoms. The van der Waals surface area contributed by atoms with Crippen LogP contribution in [0.25, 0.3) is 33.4 Å². The maximum absolute atomic E-state index is 11.2. The van der Waals surface area contributed by atoms with Gasteiger partial charge < -0.3 is 9.47 Å². The zero-order valence-electron chi connectivity index (χ0n) is 20.9. The number of ether oxygens (including phenoxy) is 2. The van der Waals surface area contributed by atoms with Gasteiger partial charge in [-0.25, -0.2) is 9.59 Å². The molecule has 0 saturated carbocycles. The Bertz CT molecular complexity index is 1400. The van der Waals surface area contributed by atoms with Gasteiger partial charge in [0, 0.05) is 17.7 Å². The number of carbonyl (C=O) groups is 2. The third-order valence-corrected chi connectivity index (χ3v) is 6.01. The molecule has 0 atom stereocenters. The fraction of sp³-hybridized carbons (Fsp3) is 0.118. The lowest BCUT2D eigenvalue weighted by Crippen LogP contribution is -1.95. The van der Waals surface area contributed by atoms with Crippen molar-refractivity contribution in [3.8, 4) is 22.3 Å². The third kappa shape index (κ3) is 7.40. The van der Waals surface area contributed by atoms with E-state index in [9.17, 15) is 9.59 Å². The minimum atomic E-state index is -0.329. The highest BCUT2D eigenvalue weighted by molar-refractivity contribution is 5.96. The van der Waals surface area contributed by atoms with E-state index in [1.165, 1.54) is 29.9 Å². The van der Waals surface area contributed by atoms with E-state index >= 15 is 0 Å². The number of hydrogen-bond donors (Lipinski definition) is 0. The normalized spacial score (nSPS) is 12.3. The Labute approximate surface area is 224 Å². The first-order valence-corrected chi connectivity index (χ1v) is 12.0. The smallest absolute Gasteiger partial charge is 0.331 e. The molecule has 192 valence electrons. The number of cyclic esters (lactones) is 1. The Balaban J connectivity index is 0.000000205. The van der Waals surface area contributed by atoms with E-state index in [-0.39, 0.29) is 19.4 Å². The second kappa shape index (κ2) is 13.6. The Morgan fingerprint density at radius 2 is 1.16 bits per heavy atom. The summed E-state index contributed by atoms with van der Waals surface area (Å²) in [6.07, 6.45) is 3.05. The first kappa shape index (κ1) is 27.9. The van der Waals surface area contributed by atoms with Gasteiger partial charge in [-0.05, 0) is 45.9 Å². The molecular weight excluding hydrogens is 472 g/mol. The topological polar surface area (TPSA) is 52.6 Å². The molecule has 0 aliphatic carbocycles. The molecule has 0 amide bonds. The molecule has 5 rings (SSSR count). The predicted molar refractivity (Wildman–Crippen MR) is 155 cm³/mol. The van der Waals surface area contributed by atoms with Crippen molar-refractivity contribution in [2.75, 3.05) is 13.7 Å². The summed E-state index contributed by atoms with van der Waals surface area (Å²) in [7, 11) is 1.38. The monoisotopic (exact) mass is 504 g/mol. The highest BCUT2D eigenvalue weighted by atomic mass is 16.5. The van der Waals surface area contributed by atoms with Crippen LogP contribution < -0.4 is 0 Å². The molecule has 1 heterocycles. The van der Waals surface area contributed by atoms with E-state index in [0.29, 0.717) is 6.61 Å². The number of hydrogen-bond acceptors (Lipinski definition) is 4. The van der Waals surface area contributed by atoms with Crippen LogP contribution in [-0.2, 0) is 19.1 Å². The molecule has 4 aromatic rings. The first-order valence-electron chi connectivity index (χ1n) is 12.0. The van der Waals surface area contributed by atoms with Gasteiger partial charge in [0.1, 0.15) is 6.61 Å². The van der Waals surface area contributed by atoms with Gasteiger partial charge in [-0.15, -0.1) is 0 Å². The molecule has 0 spiro atoms. The van der Waals surface area contributed by atoms with Gasteiger partial charge in [-0.2, -0.15) is 0 Å². The Kier molecular flexibility index (Phi) is 9.95. The fourth-order valence-electron chi connectivity index (χ4n) is 3.92. The van der Waals surface area contributed by atoms with E-state index in [4.69, 9.17) is 4.74 Å². The van der Waals surface area contributed by atoms with Crippen molar-refractivity contribution in [3.05, 3.63) is 132 Å². The van der Waals surface area contributed by atoms with E-state index in [1.807, 2.05) is 67.6 Å². The molecule has 0 saturated heterocycles. The molecule has 0 radical (unpaired) electrons. The summed E-state index contributed by atoms with van der Waals surface area (Å²) in [6, 6.07) is 36.7. The number of carbonyl (C=O) groups excluding carboxylic acids is 2. The van der Waals surface area contributed by atoms with Crippen LogP contribution in [0.4, 0.5) is 0 Å². The van der Waals surface area contributed by atoms with Crippen LogP contribution in [0, 0.1) is 0 Å². The lowest BCUT2D eigenvalue weighted by molar-refractivity contribution is -0.135. The molecule has 4 nitrogen and oxygen atoms in total. The van der Waals surface area contributed by atoms with Gasteiger partial charge in [0.05, 0.1) is 7.11 Å². The Morgan fingerprint density at radius 3 is 1.61 bits per heavy atom. The summed E-state index contributed by atoms with van der Waals surface area (Å²) < 4.78 is 9.52. The number of esters is 2. The van der Waals surface area contributed by atoms with Crippen LogP contribution in [-0.4, -0.2) is 25.7 Å². The maximum atomic E-state index is 11.2. The van der Waals surface area contributed by atoms with Gasteiger partial charge >= 0.3 is 11.9 Å². The minimum Gasteiger partial charge on any atom is -0.466 e. The largest absolute Gasteiger partial charge is 0.466 e. The average Bonchev–Trinajstić information content (AvgIpc) is 3.40. The Hall–Kier alpha value is -4.70. The molecule has 0 unspecified atom stereocenters. The van der Waals surface area contributed by atoms with Gasteiger partial charge in [0.25, 0.3) is 0 Å². The predicted octanol–water partition coefficient (Wildman–Crippen LogP) is 7.86. The molecule has 0 aromatic heterocycles. The van der Waals surface area contributed by atoms with Crippen LogP contribution in [0.1, 0.15) is 25.5 Å². The van der Waals surface area contributed by atoms with Crippen LogP contribution in [0.2, 0.25) is 0 Å². The molecule has 38 heavy (non-hydrogen) atoms. The molecule has 0 fully saturated rings. The lowest BCUT2D eigenvalue weighted by Gasteiger charge is -2.05. The number of allylic oxidation sites excluding steroid dienone is 1. The van der Waals surface area contributed by atoms with Gasteiger partial charge in [-0.3, -0.25) is 0 Å². The summed E-state index contributed by atoms with van der Waals surface area (Å²) in [6.45, 7) is 2.28. The van der Waals surface area contributed by atoms with Crippen molar-refractivity contribution in [1.82, 2.24) is 0 Å². The lowest BCUT2D eigenvalue weighted by atomic mass is 10.0. The van der Waals surface area contributed by atoms with Crippen LogP contribution in [0.3, 0.4) is 0 Å².